The zero-order valence-electron chi connectivity index (χ0n) is 8.79. The van der Waals surface area contributed by atoms with Crippen molar-refractivity contribution in [3.63, 3.8) is 0 Å². The molecule has 0 spiro atoms. The standard InChI is InChI=1S/C12H17NS/c1-8-3-4-12-11(7-8)10(9(2)13)5-6-14-12/h3-4,7,9-10H,5-6,13H2,1-2H3. The van der Waals surface area contributed by atoms with Gasteiger partial charge in [-0.2, -0.15) is 0 Å². The van der Waals surface area contributed by atoms with Crippen molar-refractivity contribution in [3.05, 3.63) is 29.3 Å². The van der Waals surface area contributed by atoms with E-state index in [1.165, 1.54) is 28.2 Å². The first kappa shape index (κ1) is 10.1. The smallest absolute Gasteiger partial charge is 0.0108 e. The molecule has 1 aliphatic heterocycles. The molecule has 0 saturated heterocycles. The zero-order valence-corrected chi connectivity index (χ0v) is 9.60. The Hall–Kier alpha value is -0.470. The van der Waals surface area contributed by atoms with Crippen LogP contribution in [0.3, 0.4) is 0 Å². The molecule has 14 heavy (non-hydrogen) atoms. The van der Waals surface area contributed by atoms with Gasteiger partial charge in [0.05, 0.1) is 0 Å². The van der Waals surface area contributed by atoms with E-state index >= 15 is 0 Å². The van der Waals surface area contributed by atoms with E-state index in [4.69, 9.17) is 5.73 Å². The molecule has 1 nitrogen and oxygen atoms in total. The van der Waals surface area contributed by atoms with Gasteiger partial charge in [0, 0.05) is 16.9 Å². The predicted octanol–water partition coefficient (Wildman–Crippen LogP) is 2.92. The second-order valence-corrected chi connectivity index (χ2v) is 5.28. The number of hydrogen-bond acceptors (Lipinski definition) is 2. The molecule has 0 radical (unpaired) electrons. The molecule has 0 bridgehead atoms. The van der Waals surface area contributed by atoms with Gasteiger partial charge in [-0.05, 0) is 37.7 Å². The number of fused-ring (bicyclic) bond motifs is 1. The van der Waals surface area contributed by atoms with Crippen LogP contribution >= 0.6 is 11.8 Å². The maximum Gasteiger partial charge on any atom is 0.0108 e. The summed E-state index contributed by atoms with van der Waals surface area (Å²) < 4.78 is 0. The number of nitrogens with two attached hydrogens (primary N) is 1. The molecule has 2 unspecified atom stereocenters. The third-order valence-electron chi connectivity index (χ3n) is 2.89. The first-order chi connectivity index (χ1) is 6.68. The molecule has 1 aromatic rings. The predicted molar refractivity (Wildman–Crippen MR) is 62.9 cm³/mol. The summed E-state index contributed by atoms with van der Waals surface area (Å²) in [5.41, 5.74) is 8.84. The van der Waals surface area contributed by atoms with Crippen molar-refractivity contribution in [2.24, 2.45) is 5.73 Å². The highest BCUT2D eigenvalue weighted by molar-refractivity contribution is 7.99. The van der Waals surface area contributed by atoms with Crippen molar-refractivity contribution >= 4 is 11.8 Å². The largest absolute Gasteiger partial charge is 0.327 e. The number of rotatable bonds is 1. The van der Waals surface area contributed by atoms with Gasteiger partial charge >= 0.3 is 0 Å². The van der Waals surface area contributed by atoms with E-state index in [1.807, 2.05) is 11.8 Å². The van der Waals surface area contributed by atoms with E-state index in [9.17, 15) is 0 Å². The third kappa shape index (κ3) is 1.82. The quantitative estimate of drug-likeness (QED) is 0.766. The highest BCUT2D eigenvalue weighted by Gasteiger charge is 2.23. The molecule has 2 atom stereocenters. The van der Waals surface area contributed by atoms with Crippen LogP contribution in [0.5, 0.6) is 0 Å². The number of benzene rings is 1. The Morgan fingerprint density at radius 3 is 3.00 bits per heavy atom. The average Bonchev–Trinajstić information content (AvgIpc) is 2.16. The summed E-state index contributed by atoms with van der Waals surface area (Å²) in [5, 5.41) is 0. The van der Waals surface area contributed by atoms with Crippen LogP contribution in [0.1, 0.15) is 30.4 Å². The van der Waals surface area contributed by atoms with Gasteiger partial charge in [-0.15, -0.1) is 11.8 Å². The fraction of sp³-hybridized carbons (Fsp3) is 0.500. The van der Waals surface area contributed by atoms with Crippen LogP contribution in [0.4, 0.5) is 0 Å². The summed E-state index contributed by atoms with van der Waals surface area (Å²) in [7, 11) is 0. The van der Waals surface area contributed by atoms with Gasteiger partial charge in [0.15, 0.2) is 0 Å². The van der Waals surface area contributed by atoms with E-state index < -0.39 is 0 Å². The SMILES string of the molecule is Cc1ccc2c(c1)C(C(C)N)CCS2. The highest BCUT2D eigenvalue weighted by atomic mass is 32.2. The van der Waals surface area contributed by atoms with Crippen molar-refractivity contribution in [2.45, 2.75) is 37.1 Å². The van der Waals surface area contributed by atoms with E-state index in [0.717, 1.165) is 0 Å². The summed E-state index contributed by atoms with van der Waals surface area (Å²) in [6.07, 6.45) is 1.22. The molecule has 2 rings (SSSR count). The molecular weight excluding hydrogens is 190 g/mol. The van der Waals surface area contributed by atoms with Crippen LogP contribution in [-0.4, -0.2) is 11.8 Å². The van der Waals surface area contributed by atoms with E-state index in [1.54, 1.807) is 0 Å². The Kier molecular flexibility index (Phi) is 2.84. The van der Waals surface area contributed by atoms with Crippen LogP contribution in [-0.2, 0) is 0 Å². The molecule has 76 valence electrons. The van der Waals surface area contributed by atoms with Crippen molar-refractivity contribution in [1.82, 2.24) is 0 Å². The molecular formula is C12H17NS. The van der Waals surface area contributed by atoms with Crippen LogP contribution < -0.4 is 5.73 Å². The van der Waals surface area contributed by atoms with Gasteiger partial charge in [0.25, 0.3) is 0 Å². The van der Waals surface area contributed by atoms with E-state index in [0.29, 0.717) is 5.92 Å². The molecule has 1 aliphatic rings. The molecule has 0 aliphatic carbocycles. The normalized spacial score (nSPS) is 22.9. The Bertz CT molecular complexity index is 333. The topological polar surface area (TPSA) is 26.0 Å². The van der Waals surface area contributed by atoms with E-state index in [-0.39, 0.29) is 6.04 Å². The molecule has 0 aromatic heterocycles. The summed E-state index contributed by atoms with van der Waals surface area (Å²) in [6, 6.07) is 7.01. The molecule has 2 N–H and O–H groups in total. The van der Waals surface area contributed by atoms with Crippen molar-refractivity contribution in [2.75, 3.05) is 5.75 Å². The maximum absolute atomic E-state index is 6.02. The lowest BCUT2D eigenvalue weighted by Gasteiger charge is -2.28. The fourth-order valence-electron chi connectivity index (χ4n) is 2.09. The first-order valence-electron chi connectivity index (χ1n) is 5.17. The van der Waals surface area contributed by atoms with Crippen molar-refractivity contribution in [3.8, 4) is 0 Å². The van der Waals surface area contributed by atoms with E-state index in [2.05, 4.69) is 32.0 Å². The number of hydrogen-bond donors (Lipinski definition) is 1. The van der Waals surface area contributed by atoms with Gasteiger partial charge in [-0.25, -0.2) is 0 Å². The lowest BCUT2D eigenvalue weighted by atomic mass is 9.89. The molecule has 2 heteroatoms. The summed E-state index contributed by atoms with van der Waals surface area (Å²) in [6.45, 7) is 4.27. The zero-order chi connectivity index (χ0) is 10.1. The van der Waals surface area contributed by atoms with Gasteiger partial charge in [-0.3, -0.25) is 0 Å². The second kappa shape index (κ2) is 3.95. The monoisotopic (exact) mass is 207 g/mol. The molecule has 0 fully saturated rings. The molecule has 0 amide bonds. The Balaban J connectivity index is 2.41. The minimum absolute atomic E-state index is 0.274. The van der Waals surface area contributed by atoms with Gasteiger partial charge in [-0.1, -0.05) is 17.7 Å². The summed E-state index contributed by atoms with van der Waals surface area (Å²) in [4.78, 5) is 1.43. The van der Waals surface area contributed by atoms with Crippen LogP contribution in [0.25, 0.3) is 0 Å². The second-order valence-electron chi connectivity index (χ2n) is 4.14. The van der Waals surface area contributed by atoms with Crippen molar-refractivity contribution < 1.29 is 0 Å². The summed E-state index contributed by atoms with van der Waals surface area (Å²) >= 11 is 1.96. The number of thioether (sulfide) groups is 1. The van der Waals surface area contributed by atoms with Gasteiger partial charge in [0.2, 0.25) is 0 Å². The minimum atomic E-state index is 0.274. The third-order valence-corrected chi connectivity index (χ3v) is 4.01. The van der Waals surface area contributed by atoms with Gasteiger partial charge < -0.3 is 5.73 Å². The van der Waals surface area contributed by atoms with Gasteiger partial charge in [0.1, 0.15) is 0 Å². The Morgan fingerprint density at radius 1 is 1.50 bits per heavy atom. The molecule has 1 heterocycles. The van der Waals surface area contributed by atoms with Crippen LogP contribution in [0.2, 0.25) is 0 Å². The first-order valence-corrected chi connectivity index (χ1v) is 6.16. The average molecular weight is 207 g/mol. The van der Waals surface area contributed by atoms with Crippen LogP contribution in [0.15, 0.2) is 23.1 Å². The lowest BCUT2D eigenvalue weighted by molar-refractivity contribution is 0.542. The summed E-state index contributed by atoms with van der Waals surface area (Å²) in [5.74, 6) is 1.77. The molecule has 0 saturated carbocycles. The highest BCUT2D eigenvalue weighted by Crippen LogP contribution is 2.38. The molecule has 1 aromatic carbocycles. The van der Waals surface area contributed by atoms with Crippen molar-refractivity contribution in [1.29, 1.82) is 0 Å². The van der Waals surface area contributed by atoms with Crippen LogP contribution in [0, 0.1) is 6.92 Å². The Labute approximate surface area is 90.1 Å². The fourth-order valence-corrected chi connectivity index (χ4v) is 3.22. The Morgan fingerprint density at radius 2 is 2.29 bits per heavy atom. The minimum Gasteiger partial charge on any atom is -0.327 e. The maximum atomic E-state index is 6.02. The number of aryl methyl sites for hydroxylation is 1. The lowest BCUT2D eigenvalue weighted by Crippen LogP contribution is -2.27.